The lowest BCUT2D eigenvalue weighted by molar-refractivity contribution is -0.125. The summed E-state index contributed by atoms with van der Waals surface area (Å²) in [6, 6.07) is -0.293. The molecule has 3 atom stereocenters. The monoisotopic (exact) mass is 299 g/mol. The number of nitrogens with one attached hydrogen (secondary N) is 2. The minimum absolute atomic E-state index is 0.0327. The summed E-state index contributed by atoms with van der Waals surface area (Å²) in [7, 11) is 0. The third kappa shape index (κ3) is 9.45. The largest absolute Gasteiger partial charge is 0.356 e. The minimum atomic E-state index is -0.212. The molecule has 0 aliphatic heterocycles. The van der Waals surface area contributed by atoms with Gasteiger partial charge in [-0.15, -0.1) is 0 Å². The van der Waals surface area contributed by atoms with Gasteiger partial charge in [0.2, 0.25) is 11.8 Å². The van der Waals surface area contributed by atoms with Gasteiger partial charge in [-0.1, -0.05) is 34.6 Å². The van der Waals surface area contributed by atoms with E-state index in [1.807, 2.05) is 6.92 Å². The third-order valence-corrected chi connectivity index (χ3v) is 3.39. The highest BCUT2D eigenvalue weighted by molar-refractivity contribution is 5.78. The molecule has 4 N–H and O–H groups in total. The fourth-order valence-corrected chi connectivity index (χ4v) is 2.27. The SMILES string of the molecule is CC(=O)N[C@@H](CC(C)C)[C@@H](N)C[C@@H](C)C(=O)NCC(C)C. The van der Waals surface area contributed by atoms with Crippen molar-refractivity contribution < 1.29 is 9.59 Å². The molecule has 124 valence electrons. The molecule has 5 heteroatoms. The van der Waals surface area contributed by atoms with Crippen LogP contribution in [0.25, 0.3) is 0 Å². The maximum absolute atomic E-state index is 12.0. The topological polar surface area (TPSA) is 84.2 Å². The lowest BCUT2D eigenvalue weighted by Crippen LogP contribution is -2.49. The first kappa shape index (κ1) is 19.9. The summed E-state index contributed by atoms with van der Waals surface area (Å²) in [4.78, 5) is 23.3. The van der Waals surface area contributed by atoms with Crippen molar-refractivity contribution in [2.75, 3.05) is 6.54 Å². The molecule has 0 aliphatic carbocycles. The van der Waals surface area contributed by atoms with Crippen molar-refractivity contribution in [1.29, 1.82) is 0 Å². The average molecular weight is 299 g/mol. The Labute approximate surface area is 129 Å². The molecule has 0 spiro atoms. The van der Waals surface area contributed by atoms with Gasteiger partial charge in [0.05, 0.1) is 0 Å². The van der Waals surface area contributed by atoms with Gasteiger partial charge in [0, 0.05) is 31.5 Å². The zero-order chi connectivity index (χ0) is 16.6. The number of hydrogen-bond donors (Lipinski definition) is 3. The summed E-state index contributed by atoms with van der Waals surface area (Å²) in [5, 5.41) is 5.84. The molecule has 0 aromatic rings. The standard InChI is InChI=1S/C16H33N3O2/c1-10(2)7-15(19-13(6)20)14(17)8-12(5)16(21)18-9-11(3)4/h10-12,14-15H,7-9,17H2,1-6H3,(H,18,21)(H,19,20)/t12-,14+,15+/m1/s1. The molecule has 0 saturated carbocycles. The van der Waals surface area contributed by atoms with Gasteiger partial charge < -0.3 is 16.4 Å². The van der Waals surface area contributed by atoms with Crippen LogP contribution in [0.15, 0.2) is 0 Å². The summed E-state index contributed by atoms with van der Waals surface area (Å²) in [6.07, 6.45) is 1.39. The zero-order valence-corrected chi connectivity index (χ0v) is 14.4. The predicted molar refractivity (Wildman–Crippen MR) is 86.7 cm³/mol. The smallest absolute Gasteiger partial charge is 0.222 e. The molecule has 5 nitrogen and oxygen atoms in total. The third-order valence-electron chi connectivity index (χ3n) is 3.39. The second kappa shape index (κ2) is 9.77. The van der Waals surface area contributed by atoms with Gasteiger partial charge in [-0.05, 0) is 24.7 Å². The van der Waals surface area contributed by atoms with Gasteiger partial charge in [-0.25, -0.2) is 0 Å². The van der Waals surface area contributed by atoms with Crippen LogP contribution in [0.5, 0.6) is 0 Å². The molecule has 2 amide bonds. The number of nitrogens with two attached hydrogens (primary N) is 1. The Morgan fingerprint density at radius 3 is 2.00 bits per heavy atom. The number of carbonyl (C=O) groups excluding carboxylic acids is 2. The minimum Gasteiger partial charge on any atom is -0.356 e. The van der Waals surface area contributed by atoms with E-state index in [2.05, 4.69) is 38.3 Å². The summed E-state index contributed by atoms with van der Waals surface area (Å²) < 4.78 is 0. The molecular formula is C16H33N3O2. The van der Waals surface area contributed by atoms with Crippen molar-refractivity contribution >= 4 is 11.8 Å². The summed E-state index contributed by atoms with van der Waals surface area (Å²) >= 11 is 0. The maximum Gasteiger partial charge on any atom is 0.222 e. The van der Waals surface area contributed by atoms with Crippen molar-refractivity contribution in [1.82, 2.24) is 10.6 Å². The van der Waals surface area contributed by atoms with Crippen LogP contribution in [0, 0.1) is 17.8 Å². The Balaban J connectivity index is 4.47. The Bertz CT molecular complexity index is 329. The van der Waals surface area contributed by atoms with Crippen LogP contribution in [-0.4, -0.2) is 30.4 Å². The van der Waals surface area contributed by atoms with E-state index in [1.165, 1.54) is 6.92 Å². The van der Waals surface area contributed by atoms with Crippen molar-refractivity contribution in [3.05, 3.63) is 0 Å². The lowest BCUT2D eigenvalue weighted by atomic mass is 9.91. The molecule has 0 saturated heterocycles. The Morgan fingerprint density at radius 2 is 1.57 bits per heavy atom. The van der Waals surface area contributed by atoms with E-state index in [9.17, 15) is 9.59 Å². The van der Waals surface area contributed by atoms with Gasteiger partial charge in [0.1, 0.15) is 0 Å². The summed E-state index contributed by atoms with van der Waals surface area (Å²) in [6.45, 7) is 12.4. The fourth-order valence-electron chi connectivity index (χ4n) is 2.27. The van der Waals surface area contributed by atoms with E-state index in [-0.39, 0.29) is 29.8 Å². The molecule has 0 radical (unpaired) electrons. The first-order chi connectivity index (χ1) is 9.63. The van der Waals surface area contributed by atoms with E-state index in [0.717, 1.165) is 6.42 Å². The Hall–Kier alpha value is -1.10. The molecule has 0 bridgehead atoms. The molecule has 0 aromatic heterocycles. The van der Waals surface area contributed by atoms with Gasteiger partial charge in [-0.3, -0.25) is 9.59 Å². The van der Waals surface area contributed by atoms with E-state index in [4.69, 9.17) is 5.73 Å². The molecular weight excluding hydrogens is 266 g/mol. The van der Waals surface area contributed by atoms with Crippen molar-refractivity contribution in [3.8, 4) is 0 Å². The van der Waals surface area contributed by atoms with Crippen LogP contribution in [0.2, 0.25) is 0 Å². The second-order valence-corrected chi connectivity index (χ2v) is 6.88. The van der Waals surface area contributed by atoms with Crippen LogP contribution >= 0.6 is 0 Å². The van der Waals surface area contributed by atoms with Crippen LogP contribution in [0.4, 0.5) is 0 Å². The number of carbonyl (C=O) groups is 2. The molecule has 0 unspecified atom stereocenters. The van der Waals surface area contributed by atoms with E-state index in [1.54, 1.807) is 0 Å². The number of rotatable bonds is 9. The average Bonchev–Trinajstić information content (AvgIpc) is 2.33. The quantitative estimate of drug-likeness (QED) is 0.605. The van der Waals surface area contributed by atoms with E-state index in [0.29, 0.717) is 24.8 Å². The van der Waals surface area contributed by atoms with Crippen LogP contribution in [0.1, 0.15) is 54.4 Å². The van der Waals surface area contributed by atoms with Crippen molar-refractivity contribution in [2.45, 2.75) is 66.5 Å². The van der Waals surface area contributed by atoms with Gasteiger partial charge in [0.25, 0.3) is 0 Å². The maximum atomic E-state index is 12.0. The lowest BCUT2D eigenvalue weighted by Gasteiger charge is -2.28. The first-order valence-electron chi connectivity index (χ1n) is 7.93. The van der Waals surface area contributed by atoms with E-state index >= 15 is 0 Å². The van der Waals surface area contributed by atoms with Crippen LogP contribution in [-0.2, 0) is 9.59 Å². The highest BCUT2D eigenvalue weighted by Crippen LogP contribution is 2.14. The normalized spacial score (nSPS) is 15.7. The Kier molecular flexibility index (Phi) is 9.26. The molecule has 0 rings (SSSR count). The van der Waals surface area contributed by atoms with Crippen molar-refractivity contribution in [2.24, 2.45) is 23.5 Å². The predicted octanol–water partition coefficient (Wildman–Crippen LogP) is 1.66. The number of amides is 2. The highest BCUT2D eigenvalue weighted by Gasteiger charge is 2.24. The Morgan fingerprint density at radius 1 is 1.00 bits per heavy atom. The van der Waals surface area contributed by atoms with Crippen molar-refractivity contribution in [3.63, 3.8) is 0 Å². The number of hydrogen-bond acceptors (Lipinski definition) is 3. The summed E-state index contributed by atoms with van der Waals surface area (Å²) in [5.74, 6) is 0.682. The second-order valence-electron chi connectivity index (χ2n) is 6.88. The molecule has 0 heterocycles. The van der Waals surface area contributed by atoms with E-state index < -0.39 is 0 Å². The van der Waals surface area contributed by atoms with Gasteiger partial charge >= 0.3 is 0 Å². The van der Waals surface area contributed by atoms with Gasteiger partial charge in [-0.2, -0.15) is 0 Å². The zero-order valence-electron chi connectivity index (χ0n) is 14.4. The molecule has 0 aromatic carbocycles. The highest BCUT2D eigenvalue weighted by atomic mass is 16.2. The molecule has 0 aliphatic rings. The fraction of sp³-hybridized carbons (Fsp3) is 0.875. The molecule has 0 fully saturated rings. The van der Waals surface area contributed by atoms with Crippen LogP contribution < -0.4 is 16.4 Å². The van der Waals surface area contributed by atoms with Crippen LogP contribution in [0.3, 0.4) is 0 Å². The summed E-state index contributed by atoms with van der Waals surface area (Å²) in [5.41, 5.74) is 6.21. The first-order valence-corrected chi connectivity index (χ1v) is 7.93. The van der Waals surface area contributed by atoms with Gasteiger partial charge in [0.15, 0.2) is 0 Å². The molecule has 21 heavy (non-hydrogen) atoms.